The van der Waals surface area contributed by atoms with Crippen LogP contribution in [-0.4, -0.2) is 13.1 Å². The lowest BCUT2D eigenvalue weighted by atomic mass is 9.93. The van der Waals surface area contributed by atoms with Gasteiger partial charge in [-0.3, -0.25) is 0 Å². The molecule has 0 aliphatic heterocycles. The van der Waals surface area contributed by atoms with Gasteiger partial charge in [0.2, 0.25) is 0 Å². The Morgan fingerprint density at radius 2 is 1.94 bits per heavy atom. The average molecular weight is 311 g/mol. The smallest absolute Gasteiger partial charge is 0.0544 e. The molecule has 0 unspecified atom stereocenters. The van der Waals surface area contributed by atoms with Gasteiger partial charge in [-0.15, -0.1) is 0 Å². The van der Waals surface area contributed by atoms with E-state index in [2.05, 4.69) is 40.9 Å². The highest BCUT2D eigenvalue weighted by atomic mass is 79.9. The lowest BCUT2D eigenvalue weighted by Gasteiger charge is -2.35. The van der Waals surface area contributed by atoms with Gasteiger partial charge in [0.15, 0.2) is 0 Å². The lowest BCUT2D eigenvalue weighted by molar-refractivity contribution is 0.427. The molecule has 1 aliphatic carbocycles. The summed E-state index contributed by atoms with van der Waals surface area (Å²) in [6.07, 6.45) is 7.78. The first-order chi connectivity index (χ1) is 8.63. The zero-order valence-corrected chi connectivity index (χ0v) is 13.0. The maximum Gasteiger partial charge on any atom is 0.0544 e. The van der Waals surface area contributed by atoms with Crippen LogP contribution in [0.5, 0.6) is 0 Å². The van der Waals surface area contributed by atoms with Crippen molar-refractivity contribution in [1.29, 1.82) is 0 Å². The molecule has 1 aromatic carbocycles. The standard InChI is InChI=1S/C15H23BrN2/c1-3-11-9-12(17)10-14(16)15(11)18(2)13-7-5-4-6-8-13/h9-10,13H,3-8,17H2,1-2H3. The molecule has 100 valence electrons. The van der Waals surface area contributed by atoms with E-state index in [1.54, 1.807) is 0 Å². The van der Waals surface area contributed by atoms with Crippen molar-refractivity contribution in [2.24, 2.45) is 0 Å². The van der Waals surface area contributed by atoms with Crippen LogP contribution in [0.3, 0.4) is 0 Å². The molecule has 0 atom stereocenters. The first kappa shape index (κ1) is 13.7. The molecule has 0 radical (unpaired) electrons. The van der Waals surface area contributed by atoms with Crippen LogP contribution < -0.4 is 10.6 Å². The van der Waals surface area contributed by atoms with Gasteiger partial charge in [-0.05, 0) is 52.9 Å². The predicted octanol–water partition coefficient (Wildman–Crippen LogP) is 4.36. The Hall–Kier alpha value is -0.700. The van der Waals surface area contributed by atoms with Crippen molar-refractivity contribution in [2.75, 3.05) is 17.7 Å². The van der Waals surface area contributed by atoms with E-state index >= 15 is 0 Å². The van der Waals surface area contributed by atoms with Crippen LogP contribution in [0.4, 0.5) is 11.4 Å². The molecule has 18 heavy (non-hydrogen) atoms. The summed E-state index contributed by atoms with van der Waals surface area (Å²) in [5.41, 5.74) is 9.46. The van der Waals surface area contributed by atoms with Crippen LogP contribution in [-0.2, 0) is 6.42 Å². The number of nitrogens with zero attached hydrogens (tertiary/aromatic N) is 1. The Labute approximate surface area is 119 Å². The second-order valence-corrected chi connectivity index (χ2v) is 6.12. The van der Waals surface area contributed by atoms with E-state index < -0.39 is 0 Å². The molecular weight excluding hydrogens is 288 g/mol. The third-order valence-corrected chi connectivity index (χ3v) is 4.63. The van der Waals surface area contributed by atoms with Crippen molar-refractivity contribution in [3.63, 3.8) is 0 Å². The minimum atomic E-state index is 0.684. The van der Waals surface area contributed by atoms with Crippen molar-refractivity contribution in [1.82, 2.24) is 0 Å². The Bertz CT molecular complexity index is 411. The highest BCUT2D eigenvalue weighted by Gasteiger charge is 2.21. The molecule has 1 fully saturated rings. The largest absolute Gasteiger partial charge is 0.399 e. The van der Waals surface area contributed by atoms with Crippen LogP contribution in [0.1, 0.15) is 44.6 Å². The summed E-state index contributed by atoms with van der Waals surface area (Å²) in [4.78, 5) is 2.46. The molecule has 1 saturated carbocycles. The monoisotopic (exact) mass is 310 g/mol. The number of anilines is 2. The molecule has 1 aliphatic rings. The summed E-state index contributed by atoms with van der Waals surface area (Å²) in [7, 11) is 2.23. The Morgan fingerprint density at radius 3 is 2.56 bits per heavy atom. The van der Waals surface area contributed by atoms with E-state index in [4.69, 9.17) is 5.73 Å². The topological polar surface area (TPSA) is 29.3 Å². The van der Waals surface area contributed by atoms with Gasteiger partial charge in [-0.25, -0.2) is 0 Å². The molecule has 2 N–H and O–H groups in total. The molecule has 0 heterocycles. The van der Waals surface area contributed by atoms with Crippen LogP contribution in [0, 0.1) is 0 Å². The summed E-state index contributed by atoms with van der Waals surface area (Å²) in [6.45, 7) is 2.19. The fourth-order valence-corrected chi connectivity index (χ4v) is 3.79. The van der Waals surface area contributed by atoms with E-state index in [9.17, 15) is 0 Å². The van der Waals surface area contributed by atoms with Gasteiger partial charge in [0.05, 0.1) is 5.69 Å². The van der Waals surface area contributed by atoms with Crippen molar-refractivity contribution >= 4 is 27.3 Å². The maximum atomic E-state index is 5.93. The van der Waals surface area contributed by atoms with Gasteiger partial charge >= 0.3 is 0 Å². The molecule has 0 spiro atoms. The number of benzene rings is 1. The highest BCUT2D eigenvalue weighted by molar-refractivity contribution is 9.10. The van der Waals surface area contributed by atoms with Gasteiger partial charge in [-0.1, -0.05) is 26.2 Å². The molecule has 0 amide bonds. The molecule has 0 aromatic heterocycles. The first-order valence-corrected chi connectivity index (χ1v) is 7.73. The molecule has 3 heteroatoms. The van der Waals surface area contributed by atoms with Crippen molar-refractivity contribution in [3.05, 3.63) is 22.2 Å². The van der Waals surface area contributed by atoms with Gasteiger partial charge in [0.1, 0.15) is 0 Å². The summed E-state index contributed by atoms with van der Waals surface area (Å²) >= 11 is 3.68. The van der Waals surface area contributed by atoms with Gasteiger partial charge in [-0.2, -0.15) is 0 Å². The lowest BCUT2D eigenvalue weighted by Crippen LogP contribution is -2.34. The first-order valence-electron chi connectivity index (χ1n) is 6.94. The fraction of sp³-hybridized carbons (Fsp3) is 0.600. The van der Waals surface area contributed by atoms with Gasteiger partial charge < -0.3 is 10.6 Å². The average Bonchev–Trinajstić information content (AvgIpc) is 2.38. The van der Waals surface area contributed by atoms with E-state index in [0.29, 0.717) is 6.04 Å². The molecule has 1 aromatic rings. The van der Waals surface area contributed by atoms with Crippen LogP contribution in [0.15, 0.2) is 16.6 Å². The number of hydrogen-bond acceptors (Lipinski definition) is 2. The van der Waals surface area contributed by atoms with Crippen molar-refractivity contribution < 1.29 is 0 Å². The van der Waals surface area contributed by atoms with Crippen LogP contribution in [0.25, 0.3) is 0 Å². The zero-order valence-electron chi connectivity index (χ0n) is 11.4. The number of halogens is 1. The summed E-state index contributed by atoms with van der Waals surface area (Å²) in [5, 5.41) is 0. The quantitative estimate of drug-likeness (QED) is 0.840. The third-order valence-electron chi connectivity index (χ3n) is 4.02. The molecule has 0 bridgehead atoms. The van der Waals surface area contributed by atoms with Crippen molar-refractivity contribution in [2.45, 2.75) is 51.5 Å². The van der Waals surface area contributed by atoms with Crippen LogP contribution in [0.2, 0.25) is 0 Å². The molecule has 2 nitrogen and oxygen atoms in total. The number of nitrogen functional groups attached to an aromatic ring is 1. The summed E-state index contributed by atoms with van der Waals surface area (Å²) in [5.74, 6) is 0. The Balaban J connectivity index is 2.30. The normalized spacial score (nSPS) is 16.8. The SMILES string of the molecule is CCc1cc(N)cc(Br)c1N(C)C1CCCCC1. The number of rotatable bonds is 3. The van der Waals surface area contributed by atoms with Crippen LogP contribution >= 0.6 is 15.9 Å². The Kier molecular flexibility index (Phi) is 4.55. The van der Waals surface area contributed by atoms with Gasteiger partial charge in [0.25, 0.3) is 0 Å². The second kappa shape index (κ2) is 5.96. The minimum Gasteiger partial charge on any atom is -0.399 e. The minimum absolute atomic E-state index is 0.684. The number of hydrogen-bond donors (Lipinski definition) is 1. The van der Waals surface area contributed by atoms with E-state index in [1.165, 1.54) is 43.4 Å². The predicted molar refractivity (Wildman–Crippen MR) is 83.2 cm³/mol. The summed E-state index contributed by atoms with van der Waals surface area (Å²) < 4.78 is 1.13. The number of nitrogens with two attached hydrogens (primary N) is 1. The third kappa shape index (κ3) is 2.82. The summed E-state index contributed by atoms with van der Waals surface area (Å²) in [6, 6.07) is 4.82. The number of aryl methyl sites for hydroxylation is 1. The van der Waals surface area contributed by atoms with E-state index in [1.807, 2.05) is 6.07 Å². The van der Waals surface area contributed by atoms with Crippen molar-refractivity contribution in [3.8, 4) is 0 Å². The molecule has 0 saturated heterocycles. The van der Waals surface area contributed by atoms with E-state index in [-0.39, 0.29) is 0 Å². The molecular formula is C15H23BrN2. The highest BCUT2D eigenvalue weighted by Crippen LogP contribution is 2.36. The zero-order chi connectivity index (χ0) is 13.1. The second-order valence-electron chi connectivity index (χ2n) is 5.27. The van der Waals surface area contributed by atoms with E-state index in [0.717, 1.165) is 16.6 Å². The Morgan fingerprint density at radius 1 is 1.28 bits per heavy atom. The molecule has 2 rings (SSSR count). The fourth-order valence-electron chi connectivity index (χ4n) is 2.99. The maximum absolute atomic E-state index is 5.93. The van der Waals surface area contributed by atoms with Gasteiger partial charge in [0, 0.05) is 23.2 Å².